The van der Waals surface area contributed by atoms with E-state index in [1.807, 2.05) is 6.92 Å². The third kappa shape index (κ3) is 3.02. The van der Waals surface area contributed by atoms with E-state index < -0.39 is 0 Å². The number of hydrogen-bond donors (Lipinski definition) is 1. The molecule has 2 rings (SSSR count). The van der Waals surface area contributed by atoms with Gasteiger partial charge in [0.15, 0.2) is 5.82 Å². The molecule has 16 heavy (non-hydrogen) atoms. The highest BCUT2D eigenvalue weighted by Gasteiger charge is 2.24. The second-order valence-corrected chi connectivity index (χ2v) is 4.54. The molecule has 1 aliphatic rings. The number of nitrogens with zero attached hydrogens (tertiary/aromatic N) is 2. The second-order valence-electron chi connectivity index (χ2n) is 4.54. The molecule has 0 spiro atoms. The van der Waals surface area contributed by atoms with Crippen LogP contribution in [-0.2, 0) is 11.3 Å². The number of rotatable bonds is 3. The van der Waals surface area contributed by atoms with Crippen LogP contribution in [0.1, 0.15) is 38.4 Å². The standard InChI is InChI=1S/C11H19N3O2/c1-7-4-10(5-8(2)15-7)12-6-11-13-9(3)14-16-11/h7-8,10,12H,4-6H2,1-3H3. The Bertz CT molecular complexity index is 330. The Balaban J connectivity index is 1.81. The van der Waals surface area contributed by atoms with E-state index in [4.69, 9.17) is 9.26 Å². The molecule has 1 aromatic rings. The third-order valence-corrected chi connectivity index (χ3v) is 2.81. The van der Waals surface area contributed by atoms with Gasteiger partial charge < -0.3 is 14.6 Å². The van der Waals surface area contributed by atoms with Crippen molar-refractivity contribution in [2.24, 2.45) is 0 Å². The van der Waals surface area contributed by atoms with Crippen molar-refractivity contribution in [3.8, 4) is 0 Å². The van der Waals surface area contributed by atoms with Crippen molar-refractivity contribution >= 4 is 0 Å². The number of aromatic nitrogens is 2. The molecule has 0 aliphatic carbocycles. The van der Waals surface area contributed by atoms with Crippen molar-refractivity contribution in [3.05, 3.63) is 11.7 Å². The molecule has 1 N–H and O–H groups in total. The summed E-state index contributed by atoms with van der Waals surface area (Å²) < 4.78 is 10.7. The molecule has 0 aromatic carbocycles. The molecular weight excluding hydrogens is 206 g/mol. The molecule has 1 fully saturated rings. The summed E-state index contributed by atoms with van der Waals surface area (Å²) in [5.74, 6) is 1.34. The van der Waals surface area contributed by atoms with Crippen molar-refractivity contribution in [3.63, 3.8) is 0 Å². The van der Waals surface area contributed by atoms with Gasteiger partial charge in [-0.1, -0.05) is 5.16 Å². The van der Waals surface area contributed by atoms with Crippen LogP contribution in [0.15, 0.2) is 4.52 Å². The Hall–Kier alpha value is -0.940. The maximum absolute atomic E-state index is 5.68. The number of aryl methyl sites for hydroxylation is 1. The van der Waals surface area contributed by atoms with Gasteiger partial charge in [0.1, 0.15) is 0 Å². The van der Waals surface area contributed by atoms with Crippen molar-refractivity contribution in [2.45, 2.75) is 58.4 Å². The Kier molecular flexibility index (Phi) is 3.56. The summed E-state index contributed by atoms with van der Waals surface area (Å²) in [6.07, 6.45) is 2.73. The van der Waals surface area contributed by atoms with Crippen molar-refractivity contribution < 1.29 is 9.26 Å². The molecule has 2 unspecified atom stereocenters. The van der Waals surface area contributed by atoms with Crippen LogP contribution in [-0.4, -0.2) is 28.4 Å². The van der Waals surface area contributed by atoms with Crippen LogP contribution in [0.25, 0.3) is 0 Å². The first-order chi connectivity index (χ1) is 7.63. The van der Waals surface area contributed by atoms with E-state index in [9.17, 15) is 0 Å². The van der Waals surface area contributed by atoms with E-state index in [1.54, 1.807) is 0 Å². The van der Waals surface area contributed by atoms with Gasteiger partial charge in [0, 0.05) is 6.04 Å². The molecule has 1 saturated heterocycles. The minimum Gasteiger partial charge on any atom is -0.375 e. The normalized spacial score (nSPS) is 30.6. The zero-order valence-electron chi connectivity index (χ0n) is 10.1. The molecule has 1 aliphatic heterocycles. The highest BCUT2D eigenvalue weighted by molar-refractivity contribution is 4.85. The lowest BCUT2D eigenvalue weighted by molar-refractivity contribution is -0.0425. The maximum atomic E-state index is 5.68. The molecule has 0 saturated carbocycles. The first kappa shape index (κ1) is 11.5. The third-order valence-electron chi connectivity index (χ3n) is 2.81. The molecule has 0 amide bonds. The van der Waals surface area contributed by atoms with Crippen LogP contribution in [0, 0.1) is 6.92 Å². The Morgan fingerprint density at radius 3 is 2.56 bits per heavy atom. The lowest BCUT2D eigenvalue weighted by Gasteiger charge is -2.32. The van der Waals surface area contributed by atoms with Crippen LogP contribution in [0.2, 0.25) is 0 Å². The van der Waals surface area contributed by atoms with Gasteiger partial charge in [-0.05, 0) is 33.6 Å². The summed E-state index contributed by atoms with van der Waals surface area (Å²) in [7, 11) is 0. The smallest absolute Gasteiger partial charge is 0.240 e. The van der Waals surface area contributed by atoms with E-state index in [-0.39, 0.29) is 0 Å². The minimum atomic E-state index is 0.325. The Labute approximate surface area is 95.6 Å². The predicted molar refractivity (Wildman–Crippen MR) is 58.9 cm³/mol. The van der Waals surface area contributed by atoms with Crippen molar-refractivity contribution in [1.82, 2.24) is 15.5 Å². The van der Waals surface area contributed by atoms with E-state index >= 15 is 0 Å². The molecule has 2 atom stereocenters. The molecular formula is C11H19N3O2. The van der Waals surface area contributed by atoms with E-state index in [2.05, 4.69) is 29.3 Å². The predicted octanol–water partition coefficient (Wildman–Crippen LogP) is 1.42. The van der Waals surface area contributed by atoms with Crippen LogP contribution in [0.4, 0.5) is 0 Å². The van der Waals surface area contributed by atoms with E-state index in [0.29, 0.717) is 36.5 Å². The molecule has 2 heterocycles. The summed E-state index contributed by atoms with van der Waals surface area (Å²) in [6.45, 7) is 6.69. The van der Waals surface area contributed by atoms with E-state index in [1.165, 1.54) is 0 Å². The Morgan fingerprint density at radius 1 is 1.31 bits per heavy atom. The van der Waals surface area contributed by atoms with Gasteiger partial charge >= 0.3 is 0 Å². The molecule has 5 nitrogen and oxygen atoms in total. The molecule has 1 aromatic heterocycles. The first-order valence-corrected chi connectivity index (χ1v) is 5.81. The number of ether oxygens (including phenoxy) is 1. The van der Waals surface area contributed by atoms with Gasteiger partial charge in [-0.25, -0.2) is 0 Å². The summed E-state index contributed by atoms with van der Waals surface area (Å²) in [4.78, 5) is 4.16. The summed E-state index contributed by atoms with van der Waals surface area (Å²) in [5, 5.41) is 7.20. The fourth-order valence-corrected chi connectivity index (χ4v) is 2.22. The van der Waals surface area contributed by atoms with Gasteiger partial charge in [0.2, 0.25) is 5.89 Å². The molecule has 5 heteroatoms. The first-order valence-electron chi connectivity index (χ1n) is 5.81. The number of hydrogen-bond acceptors (Lipinski definition) is 5. The van der Waals surface area contributed by atoms with Crippen molar-refractivity contribution in [1.29, 1.82) is 0 Å². The van der Waals surface area contributed by atoms with E-state index in [0.717, 1.165) is 12.8 Å². The zero-order valence-corrected chi connectivity index (χ0v) is 10.1. The average Bonchev–Trinajstić information content (AvgIpc) is 2.60. The topological polar surface area (TPSA) is 60.2 Å². The van der Waals surface area contributed by atoms with Crippen LogP contribution in [0.5, 0.6) is 0 Å². The second kappa shape index (κ2) is 4.93. The molecule has 0 bridgehead atoms. The fraction of sp³-hybridized carbons (Fsp3) is 0.818. The highest BCUT2D eigenvalue weighted by Crippen LogP contribution is 2.19. The van der Waals surface area contributed by atoms with Crippen LogP contribution in [0.3, 0.4) is 0 Å². The fourth-order valence-electron chi connectivity index (χ4n) is 2.22. The van der Waals surface area contributed by atoms with Crippen LogP contribution >= 0.6 is 0 Å². The van der Waals surface area contributed by atoms with Crippen molar-refractivity contribution in [2.75, 3.05) is 0 Å². The monoisotopic (exact) mass is 225 g/mol. The summed E-state index contributed by atoms with van der Waals surface area (Å²) in [5.41, 5.74) is 0. The van der Waals surface area contributed by atoms with Gasteiger partial charge in [0.25, 0.3) is 0 Å². The van der Waals surface area contributed by atoms with Gasteiger partial charge in [-0.2, -0.15) is 4.98 Å². The zero-order chi connectivity index (χ0) is 11.5. The lowest BCUT2D eigenvalue weighted by atomic mass is 10.00. The Morgan fingerprint density at radius 2 is 2.00 bits per heavy atom. The average molecular weight is 225 g/mol. The highest BCUT2D eigenvalue weighted by atomic mass is 16.5. The molecule has 90 valence electrons. The van der Waals surface area contributed by atoms with Gasteiger partial charge in [-0.3, -0.25) is 0 Å². The summed E-state index contributed by atoms with van der Waals surface area (Å²) in [6, 6.07) is 0.478. The van der Waals surface area contributed by atoms with Crippen LogP contribution < -0.4 is 5.32 Å². The SMILES string of the molecule is Cc1noc(CNC2CC(C)OC(C)C2)n1. The summed E-state index contributed by atoms with van der Waals surface area (Å²) >= 11 is 0. The largest absolute Gasteiger partial charge is 0.375 e. The van der Waals surface area contributed by atoms with Gasteiger partial charge in [-0.15, -0.1) is 0 Å². The minimum absolute atomic E-state index is 0.325. The quantitative estimate of drug-likeness (QED) is 0.843. The van der Waals surface area contributed by atoms with Gasteiger partial charge in [0.05, 0.1) is 18.8 Å². The molecule has 0 radical (unpaired) electrons. The number of nitrogens with one attached hydrogen (secondary N) is 1. The lowest BCUT2D eigenvalue weighted by Crippen LogP contribution is -2.41. The maximum Gasteiger partial charge on any atom is 0.240 e.